The molecule has 1 aromatic heterocycles. The van der Waals surface area contributed by atoms with Gasteiger partial charge in [0, 0.05) is 13.1 Å². The number of aryl methyl sites for hydroxylation is 4. The van der Waals surface area contributed by atoms with E-state index in [9.17, 15) is 10.1 Å². The second kappa shape index (κ2) is 5.85. The molecule has 2 aromatic rings. The summed E-state index contributed by atoms with van der Waals surface area (Å²) in [6.07, 6.45) is 0. The van der Waals surface area contributed by atoms with Crippen molar-refractivity contribution in [1.29, 1.82) is 0 Å². The fourth-order valence-electron chi connectivity index (χ4n) is 2.23. The molecule has 0 saturated carbocycles. The highest BCUT2D eigenvalue weighted by Gasteiger charge is 2.20. The molecule has 7 heteroatoms. The van der Waals surface area contributed by atoms with Gasteiger partial charge in [-0.15, -0.1) is 0 Å². The van der Waals surface area contributed by atoms with E-state index in [0.717, 1.165) is 27.0 Å². The van der Waals surface area contributed by atoms with E-state index in [1.165, 1.54) is 6.07 Å². The predicted molar refractivity (Wildman–Crippen MR) is 82.5 cm³/mol. The van der Waals surface area contributed by atoms with E-state index in [1.807, 2.05) is 27.0 Å². The predicted octanol–water partition coefficient (Wildman–Crippen LogP) is 3.60. The molecule has 1 heterocycles. The molecule has 0 saturated heterocycles. The normalized spacial score (nSPS) is 10.7. The minimum atomic E-state index is -0.418. The van der Waals surface area contributed by atoms with E-state index in [4.69, 9.17) is 4.74 Å². The molecule has 1 aromatic carbocycles. The van der Waals surface area contributed by atoms with Gasteiger partial charge in [-0.25, -0.2) is 0 Å². The minimum Gasteiger partial charge on any atom is -0.480 e. The van der Waals surface area contributed by atoms with Crippen molar-refractivity contribution in [3.8, 4) is 5.75 Å². The van der Waals surface area contributed by atoms with Gasteiger partial charge in [-0.05, 0) is 47.8 Å². The second-order valence-electron chi connectivity index (χ2n) is 4.95. The maximum Gasteiger partial charge on any atom is 0.311 e. The van der Waals surface area contributed by atoms with Gasteiger partial charge in [0.05, 0.1) is 20.8 Å². The van der Waals surface area contributed by atoms with Crippen molar-refractivity contribution >= 4 is 21.6 Å². The largest absolute Gasteiger partial charge is 0.480 e. The van der Waals surface area contributed by atoms with E-state index in [-0.39, 0.29) is 12.3 Å². The molecular formula is C14H16BrN3O3. The molecule has 0 radical (unpaired) electrons. The van der Waals surface area contributed by atoms with Gasteiger partial charge in [-0.3, -0.25) is 14.8 Å². The summed E-state index contributed by atoms with van der Waals surface area (Å²) in [7, 11) is 1.81. The molecule has 0 atom stereocenters. The van der Waals surface area contributed by atoms with Crippen molar-refractivity contribution in [2.24, 2.45) is 7.05 Å². The lowest BCUT2D eigenvalue weighted by atomic mass is 10.1. The molecule has 2 rings (SSSR count). The van der Waals surface area contributed by atoms with Crippen LogP contribution in [0.3, 0.4) is 0 Å². The molecule has 0 N–H and O–H groups in total. The fraction of sp³-hybridized carbons (Fsp3) is 0.357. The Balaban J connectivity index is 2.34. The van der Waals surface area contributed by atoms with Gasteiger partial charge in [0.15, 0.2) is 5.75 Å². The number of nitrogens with zero attached hydrogens (tertiary/aromatic N) is 3. The first-order valence-electron chi connectivity index (χ1n) is 6.37. The van der Waals surface area contributed by atoms with Crippen LogP contribution < -0.4 is 4.74 Å². The average Bonchev–Trinajstić information content (AvgIpc) is 2.62. The van der Waals surface area contributed by atoms with Crippen LogP contribution in [0.15, 0.2) is 16.6 Å². The highest BCUT2D eigenvalue weighted by atomic mass is 79.9. The zero-order chi connectivity index (χ0) is 15.7. The number of hydrogen-bond donors (Lipinski definition) is 0. The summed E-state index contributed by atoms with van der Waals surface area (Å²) >= 11 is 3.45. The summed E-state index contributed by atoms with van der Waals surface area (Å²) in [6.45, 7) is 5.72. The van der Waals surface area contributed by atoms with Gasteiger partial charge in [0.1, 0.15) is 6.61 Å². The molecule has 0 bridgehead atoms. The summed E-state index contributed by atoms with van der Waals surface area (Å²) in [5.74, 6) is 0.302. The summed E-state index contributed by atoms with van der Waals surface area (Å²) < 4.78 is 8.27. The van der Waals surface area contributed by atoms with Crippen LogP contribution in [0.2, 0.25) is 0 Å². The van der Waals surface area contributed by atoms with Crippen LogP contribution in [0.25, 0.3) is 0 Å². The Labute approximate surface area is 131 Å². The first-order valence-corrected chi connectivity index (χ1v) is 7.17. The van der Waals surface area contributed by atoms with Gasteiger partial charge in [0.25, 0.3) is 0 Å². The third-order valence-electron chi connectivity index (χ3n) is 3.21. The maximum absolute atomic E-state index is 11.2. The van der Waals surface area contributed by atoms with Crippen LogP contribution in [-0.4, -0.2) is 14.7 Å². The minimum absolute atomic E-state index is 0.0116. The fourth-order valence-corrected chi connectivity index (χ4v) is 2.68. The molecule has 0 spiro atoms. The van der Waals surface area contributed by atoms with Crippen LogP contribution >= 0.6 is 15.9 Å². The van der Waals surface area contributed by atoms with Crippen LogP contribution in [0.5, 0.6) is 5.75 Å². The first kappa shape index (κ1) is 15.5. The number of aromatic nitrogens is 2. The molecule has 112 valence electrons. The van der Waals surface area contributed by atoms with Crippen LogP contribution in [0, 0.1) is 30.9 Å². The Bertz CT molecular complexity index is 710. The SMILES string of the molecule is Cc1cc(C)c(OCc2c(Br)c(C)nn2C)c([N+](=O)[O-])c1. The molecule has 0 fully saturated rings. The van der Waals surface area contributed by atoms with Crippen molar-refractivity contribution < 1.29 is 9.66 Å². The van der Waals surface area contributed by atoms with E-state index in [0.29, 0.717) is 5.75 Å². The Kier molecular flexibility index (Phi) is 4.32. The van der Waals surface area contributed by atoms with Gasteiger partial charge in [-0.1, -0.05) is 6.07 Å². The smallest absolute Gasteiger partial charge is 0.311 e. The molecule has 0 aliphatic heterocycles. The second-order valence-corrected chi connectivity index (χ2v) is 5.74. The van der Waals surface area contributed by atoms with Crippen molar-refractivity contribution in [3.63, 3.8) is 0 Å². The third kappa shape index (κ3) is 3.07. The van der Waals surface area contributed by atoms with Crippen LogP contribution in [0.1, 0.15) is 22.5 Å². The maximum atomic E-state index is 11.2. The van der Waals surface area contributed by atoms with Crippen molar-refractivity contribution in [1.82, 2.24) is 9.78 Å². The lowest BCUT2D eigenvalue weighted by Crippen LogP contribution is -2.06. The summed E-state index contributed by atoms with van der Waals surface area (Å²) in [4.78, 5) is 10.8. The molecule has 0 amide bonds. The van der Waals surface area contributed by atoms with Crippen molar-refractivity contribution in [2.45, 2.75) is 27.4 Å². The molecule has 0 aliphatic rings. The molecule has 6 nitrogen and oxygen atoms in total. The Hall–Kier alpha value is -1.89. The molecule has 0 aliphatic carbocycles. The standard InChI is InChI=1S/C14H16BrN3O3/c1-8-5-9(2)14(11(6-8)18(19)20)21-7-12-13(15)10(3)16-17(12)4/h5-6H,7H2,1-4H3. The van der Waals surface area contributed by atoms with E-state index < -0.39 is 4.92 Å². The highest BCUT2D eigenvalue weighted by Crippen LogP contribution is 2.33. The average molecular weight is 354 g/mol. The van der Waals surface area contributed by atoms with Crippen LogP contribution in [-0.2, 0) is 13.7 Å². The number of hydrogen-bond acceptors (Lipinski definition) is 4. The Morgan fingerprint density at radius 2 is 2.05 bits per heavy atom. The van der Waals surface area contributed by atoms with E-state index >= 15 is 0 Å². The Morgan fingerprint density at radius 1 is 1.38 bits per heavy atom. The van der Waals surface area contributed by atoms with Gasteiger partial charge < -0.3 is 4.74 Å². The first-order chi connectivity index (χ1) is 9.81. The zero-order valence-electron chi connectivity index (χ0n) is 12.3. The highest BCUT2D eigenvalue weighted by molar-refractivity contribution is 9.10. The summed E-state index contributed by atoms with van der Waals surface area (Å²) in [5, 5.41) is 15.4. The topological polar surface area (TPSA) is 70.2 Å². The zero-order valence-corrected chi connectivity index (χ0v) is 13.9. The third-order valence-corrected chi connectivity index (χ3v) is 4.24. The summed E-state index contributed by atoms with van der Waals surface area (Å²) in [6, 6.07) is 3.39. The van der Waals surface area contributed by atoms with E-state index in [2.05, 4.69) is 21.0 Å². The number of nitro benzene ring substituents is 1. The van der Waals surface area contributed by atoms with E-state index in [1.54, 1.807) is 11.6 Å². The van der Waals surface area contributed by atoms with Crippen molar-refractivity contribution in [3.05, 3.63) is 49.2 Å². The lowest BCUT2D eigenvalue weighted by molar-refractivity contribution is -0.386. The number of rotatable bonds is 4. The summed E-state index contributed by atoms with van der Waals surface area (Å²) in [5.41, 5.74) is 3.26. The van der Waals surface area contributed by atoms with Crippen molar-refractivity contribution in [2.75, 3.05) is 0 Å². The Morgan fingerprint density at radius 3 is 2.57 bits per heavy atom. The quantitative estimate of drug-likeness (QED) is 0.621. The monoisotopic (exact) mass is 353 g/mol. The van der Waals surface area contributed by atoms with Gasteiger partial charge >= 0.3 is 5.69 Å². The van der Waals surface area contributed by atoms with Gasteiger partial charge in [-0.2, -0.15) is 5.10 Å². The van der Waals surface area contributed by atoms with Gasteiger partial charge in [0.2, 0.25) is 0 Å². The molecular weight excluding hydrogens is 338 g/mol. The molecule has 21 heavy (non-hydrogen) atoms. The number of ether oxygens (including phenoxy) is 1. The number of benzene rings is 1. The van der Waals surface area contributed by atoms with Crippen LogP contribution in [0.4, 0.5) is 5.69 Å². The number of nitro groups is 1. The lowest BCUT2D eigenvalue weighted by Gasteiger charge is -2.11. The number of halogens is 1. The molecule has 0 unspecified atom stereocenters.